The van der Waals surface area contributed by atoms with Gasteiger partial charge >= 0.3 is 0 Å². The quantitative estimate of drug-likeness (QED) is 0.660. The lowest BCUT2D eigenvalue weighted by molar-refractivity contribution is 0.953. The number of anilines is 1. The van der Waals surface area contributed by atoms with Crippen molar-refractivity contribution in [2.75, 3.05) is 5.73 Å². The van der Waals surface area contributed by atoms with Gasteiger partial charge < -0.3 is 5.73 Å². The molecule has 0 spiro atoms. The van der Waals surface area contributed by atoms with Gasteiger partial charge in [-0.15, -0.1) is 0 Å². The normalized spacial score (nSPS) is 10.8. The van der Waals surface area contributed by atoms with E-state index >= 15 is 0 Å². The van der Waals surface area contributed by atoms with Crippen LogP contribution in [0, 0.1) is 0 Å². The molecule has 1 aromatic carbocycles. The average Bonchev–Trinajstić information content (AvgIpc) is 2.79. The van der Waals surface area contributed by atoms with Crippen LogP contribution in [0.4, 0.5) is 5.82 Å². The molecule has 0 aliphatic carbocycles. The minimum absolute atomic E-state index is 0.513. The van der Waals surface area contributed by atoms with E-state index in [9.17, 15) is 0 Å². The van der Waals surface area contributed by atoms with Gasteiger partial charge in [-0.3, -0.25) is 0 Å². The largest absolute Gasteiger partial charge is 0.383 e. The molecule has 0 fully saturated rings. The molecular weight excluding hydrogens is 202 g/mol. The molecule has 78 valence electrons. The number of rotatable bonds is 1. The minimum atomic E-state index is 0.513. The highest BCUT2D eigenvalue weighted by molar-refractivity contribution is 5.64. The van der Waals surface area contributed by atoms with Crippen LogP contribution in [0.1, 0.15) is 0 Å². The number of fused-ring (bicyclic) bond motifs is 1. The zero-order valence-corrected chi connectivity index (χ0v) is 8.41. The molecule has 5 nitrogen and oxygen atoms in total. The van der Waals surface area contributed by atoms with E-state index in [2.05, 4.69) is 15.1 Å². The summed E-state index contributed by atoms with van der Waals surface area (Å²) >= 11 is 0. The van der Waals surface area contributed by atoms with E-state index in [1.165, 1.54) is 10.8 Å². The van der Waals surface area contributed by atoms with Crippen molar-refractivity contribution >= 4 is 11.6 Å². The number of nitrogens with two attached hydrogens (primary N) is 1. The van der Waals surface area contributed by atoms with Crippen LogP contribution in [-0.4, -0.2) is 19.6 Å². The second-order valence-electron chi connectivity index (χ2n) is 3.40. The molecule has 0 aliphatic heterocycles. The molecule has 5 heteroatoms. The first kappa shape index (κ1) is 8.84. The Hall–Kier alpha value is -2.43. The third-order valence-corrected chi connectivity index (χ3v) is 2.35. The molecule has 3 aromatic rings. The van der Waals surface area contributed by atoms with Gasteiger partial charge in [-0.05, 0) is 0 Å². The minimum Gasteiger partial charge on any atom is -0.383 e. The standard InChI is InChI=1S/C11H9N5/c12-10-6-9(8-4-2-1-3-5-8)15-11-13-7-14-16(10)11/h1-7H,12H2. The molecule has 2 aromatic heterocycles. The van der Waals surface area contributed by atoms with Crippen LogP contribution in [0.15, 0.2) is 42.7 Å². The highest BCUT2D eigenvalue weighted by atomic mass is 15.3. The maximum atomic E-state index is 5.86. The van der Waals surface area contributed by atoms with E-state index in [4.69, 9.17) is 5.73 Å². The van der Waals surface area contributed by atoms with Gasteiger partial charge in [-0.25, -0.2) is 4.98 Å². The smallest absolute Gasteiger partial charge is 0.254 e. The molecule has 0 bridgehead atoms. The van der Waals surface area contributed by atoms with Crippen molar-refractivity contribution in [3.05, 3.63) is 42.7 Å². The van der Waals surface area contributed by atoms with Gasteiger partial charge in [0.2, 0.25) is 0 Å². The van der Waals surface area contributed by atoms with Crippen LogP contribution >= 0.6 is 0 Å². The first-order chi connectivity index (χ1) is 7.84. The van der Waals surface area contributed by atoms with E-state index < -0.39 is 0 Å². The van der Waals surface area contributed by atoms with Crippen LogP contribution in [0.5, 0.6) is 0 Å². The van der Waals surface area contributed by atoms with Gasteiger partial charge in [0.1, 0.15) is 12.1 Å². The van der Waals surface area contributed by atoms with Crippen LogP contribution in [0.3, 0.4) is 0 Å². The lowest BCUT2D eigenvalue weighted by atomic mass is 10.1. The van der Waals surface area contributed by atoms with Crippen molar-refractivity contribution in [1.82, 2.24) is 19.6 Å². The van der Waals surface area contributed by atoms with Crippen molar-refractivity contribution < 1.29 is 0 Å². The first-order valence-corrected chi connectivity index (χ1v) is 4.86. The van der Waals surface area contributed by atoms with Crippen molar-refractivity contribution in [2.24, 2.45) is 0 Å². The second-order valence-corrected chi connectivity index (χ2v) is 3.40. The van der Waals surface area contributed by atoms with Gasteiger partial charge in [0.25, 0.3) is 5.78 Å². The summed E-state index contributed by atoms with van der Waals surface area (Å²) in [5.74, 6) is 1.04. The molecule has 0 amide bonds. The summed E-state index contributed by atoms with van der Waals surface area (Å²) in [6.45, 7) is 0. The van der Waals surface area contributed by atoms with Gasteiger partial charge in [0.15, 0.2) is 0 Å². The molecule has 0 atom stereocenters. The van der Waals surface area contributed by atoms with Gasteiger partial charge in [-0.1, -0.05) is 30.3 Å². The zero-order chi connectivity index (χ0) is 11.0. The second kappa shape index (κ2) is 3.30. The Bertz CT molecular complexity index is 629. The van der Waals surface area contributed by atoms with Crippen LogP contribution in [0.2, 0.25) is 0 Å². The SMILES string of the molecule is Nc1cc(-c2ccccc2)nc2ncnn12. The summed E-state index contributed by atoms with van der Waals surface area (Å²) < 4.78 is 1.51. The Kier molecular flexibility index (Phi) is 1.83. The van der Waals surface area contributed by atoms with Crippen LogP contribution in [-0.2, 0) is 0 Å². The van der Waals surface area contributed by atoms with E-state index in [1.54, 1.807) is 6.07 Å². The number of nitrogens with zero attached hydrogens (tertiary/aromatic N) is 4. The van der Waals surface area contributed by atoms with Crippen molar-refractivity contribution in [3.63, 3.8) is 0 Å². The van der Waals surface area contributed by atoms with Crippen molar-refractivity contribution in [2.45, 2.75) is 0 Å². The van der Waals surface area contributed by atoms with Crippen LogP contribution in [0.25, 0.3) is 17.0 Å². The maximum Gasteiger partial charge on any atom is 0.254 e. The van der Waals surface area contributed by atoms with Crippen molar-refractivity contribution in [3.8, 4) is 11.3 Å². The number of hydrogen-bond donors (Lipinski definition) is 1. The summed E-state index contributed by atoms with van der Waals surface area (Å²) in [4.78, 5) is 8.40. The number of benzene rings is 1. The van der Waals surface area contributed by atoms with E-state index in [-0.39, 0.29) is 0 Å². The number of hydrogen-bond acceptors (Lipinski definition) is 4. The Balaban J connectivity index is 2.25. The molecule has 16 heavy (non-hydrogen) atoms. The van der Waals surface area contributed by atoms with E-state index in [0.29, 0.717) is 11.6 Å². The predicted molar refractivity (Wildman–Crippen MR) is 60.6 cm³/mol. The highest BCUT2D eigenvalue weighted by Gasteiger charge is 2.05. The zero-order valence-electron chi connectivity index (χ0n) is 8.41. The molecule has 0 aliphatic rings. The molecule has 2 N–H and O–H groups in total. The Morgan fingerprint density at radius 3 is 2.75 bits per heavy atom. The lowest BCUT2D eigenvalue weighted by Gasteiger charge is -2.03. The third kappa shape index (κ3) is 1.30. The van der Waals surface area contributed by atoms with E-state index in [0.717, 1.165) is 11.3 Å². The van der Waals surface area contributed by atoms with Crippen molar-refractivity contribution in [1.29, 1.82) is 0 Å². The summed E-state index contributed by atoms with van der Waals surface area (Å²) in [6, 6.07) is 11.6. The summed E-state index contributed by atoms with van der Waals surface area (Å²) in [5.41, 5.74) is 7.68. The molecule has 0 saturated heterocycles. The molecule has 0 unspecified atom stereocenters. The van der Waals surface area contributed by atoms with Gasteiger partial charge in [-0.2, -0.15) is 14.6 Å². The molecule has 2 heterocycles. The fourth-order valence-electron chi connectivity index (χ4n) is 1.59. The fourth-order valence-corrected chi connectivity index (χ4v) is 1.59. The molecular formula is C11H9N5. The lowest BCUT2D eigenvalue weighted by Crippen LogP contribution is -2.01. The van der Waals surface area contributed by atoms with Crippen LogP contribution < -0.4 is 5.73 Å². The third-order valence-electron chi connectivity index (χ3n) is 2.35. The van der Waals surface area contributed by atoms with Gasteiger partial charge in [0, 0.05) is 11.6 Å². The Morgan fingerprint density at radius 1 is 1.12 bits per heavy atom. The molecule has 0 saturated carbocycles. The highest BCUT2D eigenvalue weighted by Crippen LogP contribution is 2.19. The Morgan fingerprint density at radius 2 is 1.94 bits per heavy atom. The Labute approximate surface area is 91.6 Å². The molecule has 0 radical (unpaired) electrons. The predicted octanol–water partition coefficient (Wildman–Crippen LogP) is 1.37. The van der Waals surface area contributed by atoms with Gasteiger partial charge in [0.05, 0.1) is 5.69 Å². The number of nitrogen functional groups attached to an aromatic ring is 1. The number of aromatic nitrogens is 4. The summed E-state index contributed by atoms with van der Waals surface area (Å²) in [6.07, 6.45) is 1.44. The van der Waals surface area contributed by atoms with E-state index in [1.807, 2.05) is 30.3 Å². The maximum absolute atomic E-state index is 5.86. The average molecular weight is 211 g/mol. The first-order valence-electron chi connectivity index (χ1n) is 4.86. The monoisotopic (exact) mass is 211 g/mol. The fraction of sp³-hybridized carbons (Fsp3) is 0. The molecule has 3 rings (SSSR count). The summed E-state index contributed by atoms with van der Waals surface area (Å²) in [5, 5.41) is 3.97. The topological polar surface area (TPSA) is 69.1 Å². The summed E-state index contributed by atoms with van der Waals surface area (Å²) in [7, 11) is 0.